The first-order valence-electron chi connectivity index (χ1n) is 6.13. The Hall–Kier alpha value is -1.91. The third-order valence-electron chi connectivity index (χ3n) is 2.88. The molecule has 0 aliphatic carbocycles. The highest BCUT2D eigenvalue weighted by atomic mass is 19.1. The summed E-state index contributed by atoms with van der Waals surface area (Å²) in [6.45, 7) is 0.539. The van der Waals surface area contributed by atoms with Crippen LogP contribution in [0.2, 0.25) is 0 Å². The molecule has 0 saturated carbocycles. The van der Waals surface area contributed by atoms with Gasteiger partial charge >= 0.3 is 0 Å². The first kappa shape index (κ1) is 13.5. The van der Waals surface area contributed by atoms with E-state index in [-0.39, 0.29) is 12.3 Å². The number of para-hydroxylation sites is 1. The first-order chi connectivity index (χ1) is 9.22. The van der Waals surface area contributed by atoms with Crippen LogP contribution < -0.4 is 16.2 Å². The van der Waals surface area contributed by atoms with Crippen molar-refractivity contribution in [1.82, 2.24) is 0 Å². The van der Waals surface area contributed by atoms with Crippen LogP contribution >= 0.6 is 0 Å². The van der Waals surface area contributed by atoms with E-state index in [1.54, 1.807) is 12.1 Å². The molecule has 0 aliphatic rings. The fourth-order valence-electron chi connectivity index (χ4n) is 1.83. The third-order valence-corrected chi connectivity index (χ3v) is 2.88. The van der Waals surface area contributed by atoms with Crippen LogP contribution in [0.25, 0.3) is 0 Å². The molecule has 0 radical (unpaired) electrons. The summed E-state index contributed by atoms with van der Waals surface area (Å²) in [5.74, 6) is -0.235. The second-order valence-corrected chi connectivity index (χ2v) is 4.27. The van der Waals surface area contributed by atoms with Crippen LogP contribution in [0.3, 0.4) is 0 Å². The molecule has 4 N–H and O–H groups in total. The van der Waals surface area contributed by atoms with Crippen LogP contribution in [-0.4, -0.2) is 6.54 Å². The van der Waals surface area contributed by atoms with Gasteiger partial charge in [0.25, 0.3) is 0 Å². The Kier molecular flexibility index (Phi) is 4.49. The first-order valence-corrected chi connectivity index (χ1v) is 6.13. The Morgan fingerprint density at radius 3 is 2.47 bits per heavy atom. The van der Waals surface area contributed by atoms with E-state index in [4.69, 9.17) is 16.2 Å². The van der Waals surface area contributed by atoms with Gasteiger partial charge in [-0.2, -0.15) is 0 Å². The Labute approximate surface area is 112 Å². The molecule has 0 saturated heterocycles. The molecule has 3 nitrogen and oxygen atoms in total. The zero-order chi connectivity index (χ0) is 13.7. The van der Waals surface area contributed by atoms with Crippen LogP contribution in [0.5, 0.6) is 5.75 Å². The summed E-state index contributed by atoms with van der Waals surface area (Å²) >= 11 is 0. The van der Waals surface area contributed by atoms with Crippen molar-refractivity contribution in [2.75, 3.05) is 6.54 Å². The number of nitrogens with two attached hydrogens (primary N) is 2. The lowest BCUT2D eigenvalue weighted by Gasteiger charge is -2.16. The van der Waals surface area contributed by atoms with Crippen LogP contribution in [0.1, 0.15) is 17.2 Å². The van der Waals surface area contributed by atoms with Crippen molar-refractivity contribution in [2.24, 2.45) is 11.5 Å². The third kappa shape index (κ3) is 3.30. The summed E-state index contributed by atoms with van der Waals surface area (Å²) in [5.41, 5.74) is 13.0. The van der Waals surface area contributed by atoms with Crippen molar-refractivity contribution < 1.29 is 9.13 Å². The Morgan fingerprint density at radius 2 is 1.79 bits per heavy atom. The molecule has 100 valence electrons. The van der Waals surface area contributed by atoms with Gasteiger partial charge < -0.3 is 16.2 Å². The number of hydrogen-bond acceptors (Lipinski definition) is 3. The summed E-state index contributed by atoms with van der Waals surface area (Å²) in [6.07, 6.45) is 0. The van der Waals surface area contributed by atoms with Gasteiger partial charge in [-0.1, -0.05) is 42.5 Å². The van der Waals surface area contributed by atoms with Gasteiger partial charge in [0.05, 0.1) is 0 Å². The SMILES string of the molecule is NCC(N)c1cccc(F)c1OCc1ccccc1. The molecule has 19 heavy (non-hydrogen) atoms. The Balaban J connectivity index is 2.19. The highest BCUT2D eigenvalue weighted by Gasteiger charge is 2.15. The lowest BCUT2D eigenvalue weighted by Crippen LogP contribution is -2.21. The molecule has 0 amide bonds. The van der Waals surface area contributed by atoms with Gasteiger partial charge in [0, 0.05) is 18.2 Å². The summed E-state index contributed by atoms with van der Waals surface area (Å²) in [6, 6.07) is 13.8. The lowest BCUT2D eigenvalue weighted by atomic mass is 10.1. The number of rotatable bonds is 5. The molecule has 2 aromatic rings. The van der Waals surface area contributed by atoms with Crippen molar-refractivity contribution in [3.05, 3.63) is 65.5 Å². The summed E-state index contributed by atoms with van der Waals surface area (Å²) in [5, 5.41) is 0. The van der Waals surface area contributed by atoms with E-state index in [2.05, 4.69) is 0 Å². The van der Waals surface area contributed by atoms with Crippen LogP contribution in [0, 0.1) is 5.82 Å². The van der Waals surface area contributed by atoms with Gasteiger partial charge in [-0.3, -0.25) is 0 Å². The van der Waals surface area contributed by atoms with E-state index >= 15 is 0 Å². The quantitative estimate of drug-likeness (QED) is 0.867. The van der Waals surface area contributed by atoms with E-state index in [1.165, 1.54) is 6.07 Å². The largest absolute Gasteiger partial charge is 0.485 e. The van der Waals surface area contributed by atoms with Gasteiger partial charge in [0.1, 0.15) is 6.61 Å². The van der Waals surface area contributed by atoms with Crippen molar-refractivity contribution in [2.45, 2.75) is 12.6 Å². The lowest BCUT2D eigenvalue weighted by molar-refractivity contribution is 0.285. The number of hydrogen-bond donors (Lipinski definition) is 2. The molecule has 0 fully saturated rings. The minimum Gasteiger partial charge on any atom is -0.485 e. The molecule has 0 heterocycles. The van der Waals surface area contributed by atoms with E-state index in [0.29, 0.717) is 12.2 Å². The fourth-order valence-corrected chi connectivity index (χ4v) is 1.83. The normalized spacial score (nSPS) is 12.2. The van der Waals surface area contributed by atoms with Crippen molar-refractivity contribution >= 4 is 0 Å². The molecule has 1 atom stereocenters. The highest BCUT2D eigenvalue weighted by molar-refractivity contribution is 5.37. The average Bonchev–Trinajstić information content (AvgIpc) is 2.46. The second-order valence-electron chi connectivity index (χ2n) is 4.27. The maximum Gasteiger partial charge on any atom is 0.165 e. The molecule has 0 spiro atoms. The zero-order valence-corrected chi connectivity index (χ0v) is 10.6. The second kappa shape index (κ2) is 6.31. The van der Waals surface area contributed by atoms with E-state index < -0.39 is 11.9 Å². The van der Waals surface area contributed by atoms with Crippen LogP contribution in [-0.2, 0) is 6.61 Å². The van der Waals surface area contributed by atoms with Crippen molar-refractivity contribution in [1.29, 1.82) is 0 Å². The maximum absolute atomic E-state index is 13.8. The molecule has 4 heteroatoms. The van der Waals surface area contributed by atoms with Gasteiger partial charge in [-0.15, -0.1) is 0 Å². The van der Waals surface area contributed by atoms with E-state index in [1.807, 2.05) is 30.3 Å². The average molecular weight is 260 g/mol. The number of ether oxygens (including phenoxy) is 1. The Bertz CT molecular complexity index is 531. The van der Waals surface area contributed by atoms with Gasteiger partial charge in [-0.25, -0.2) is 4.39 Å². The van der Waals surface area contributed by atoms with Gasteiger partial charge in [-0.05, 0) is 11.6 Å². The maximum atomic E-state index is 13.8. The van der Waals surface area contributed by atoms with Gasteiger partial charge in [0.2, 0.25) is 0 Å². The van der Waals surface area contributed by atoms with Crippen molar-refractivity contribution in [3.8, 4) is 5.75 Å². The molecule has 0 aliphatic heterocycles. The standard InChI is InChI=1S/C15H17FN2O/c16-13-8-4-7-12(14(18)9-17)15(13)19-10-11-5-2-1-3-6-11/h1-8,14H,9-10,17-18H2. The summed E-state index contributed by atoms with van der Waals surface area (Å²) in [4.78, 5) is 0. The predicted octanol–water partition coefficient (Wildman–Crippen LogP) is 2.36. The zero-order valence-electron chi connectivity index (χ0n) is 10.6. The smallest absolute Gasteiger partial charge is 0.165 e. The topological polar surface area (TPSA) is 61.3 Å². The molecule has 2 aromatic carbocycles. The van der Waals surface area contributed by atoms with Crippen molar-refractivity contribution in [3.63, 3.8) is 0 Å². The van der Waals surface area contributed by atoms with E-state index in [9.17, 15) is 4.39 Å². The number of benzene rings is 2. The van der Waals surface area contributed by atoms with Gasteiger partial charge in [0.15, 0.2) is 11.6 Å². The minimum atomic E-state index is -0.429. The Morgan fingerprint density at radius 1 is 1.05 bits per heavy atom. The fraction of sp³-hybridized carbons (Fsp3) is 0.200. The highest BCUT2D eigenvalue weighted by Crippen LogP contribution is 2.27. The van der Waals surface area contributed by atoms with Crippen LogP contribution in [0.15, 0.2) is 48.5 Å². The summed E-state index contributed by atoms with van der Waals surface area (Å²) < 4.78 is 19.4. The molecule has 2 rings (SSSR count). The molecule has 0 bridgehead atoms. The predicted molar refractivity (Wildman–Crippen MR) is 73.2 cm³/mol. The number of halogens is 1. The summed E-state index contributed by atoms with van der Waals surface area (Å²) in [7, 11) is 0. The van der Waals surface area contributed by atoms with Crippen LogP contribution in [0.4, 0.5) is 4.39 Å². The molecule has 0 aromatic heterocycles. The molecular weight excluding hydrogens is 243 g/mol. The van der Waals surface area contributed by atoms with E-state index in [0.717, 1.165) is 5.56 Å². The minimum absolute atomic E-state index is 0.185. The monoisotopic (exact) mass is 260 g/mol. The molecule has 1 unspecified atom stereocenters. The molecular formula is C15H17FN2O.